The zero-order chi connectivity index (χ0) is 26.3. The highest BCUT2D eigenvalue weighted by atomic mass is 32.2. The summed E-state index contributed by atoms with van der Waals surface area (Å²) in [6, 6.07) is 19.9. The quantitative estimate of drug-likeness (QED) is 0.305. The Hall–Kier alpha value is -3.45. The molecule has 7 heteroatoms. The van der Waals surface area contributed by atoms with Crippen LogP contribution in [-0.4, -0.2) is 18.4 Å². The maximum Gasteiger partial charge on any atom is 0.263 e. The average Bonchev–Trinajstić information content (AvgIpc) is 2.79. The minimum atomic E-state index is -3.86. The van der Waals surface area contributed by atoms with E-state index in [1.165, 1.54) is 16.7 Å². The summed E-state index contributed by atoms with van der Waals surface area (Å²) in [7, 11) is -3.86. The van der Waals surface area contributed by atoms with Gasteiger partial charge in [-0.15, -0.1) is 0 Å². The monoisotopic (exact) mass is 502 g/mol. The van der Waals surface area contributed by atoms with Gasteiger partial charge in [0.2, 0.25) is 0 Å². The van der Waals surface area contributed by atoms with Crippen molar-refractivity contribution in [1.29, 1.82) is 0 Å². The summed E-state index contributed by atoms with van der Waals surface area (Å²) < 4.78 is 29.0. The van der Waals surface area contributed by atoms with Gasteiger partial charge >= 0.3 is 0 Å². The fourth-order valence-electron chi connectivity index (χ4n) is 4.43. The molecule has 0 spiro atoms. The number of nitrogens with one attached hydrogen (secondary N) is 2. The van der Waals surface area contributed by atoms with Crippen molar-refractivity contribution in [2.45, 2.75) is 64.2 Å². The second-order valence-electron chi connectivity index (χ2n) is 11.1. The molecule has 0 fully saturated rings. The van der Waals surface area contributed by atoms with Crippen LogP contribution >= 0.6 is 0 Å². The first-order chi connectivity index (χ1) is 16.8. The van der Waals surface area contributed by atoms with Crippen molar-refractivity contribution in [3.8, 4) is 0 Å². The molecule has 4 aromatic rings. The molecule has 4 rings (SSSR count). The lowest BCUT2D eigenvalue weighted by Crippen LogP contribution is -2.20. The van der Waals surface area contributed by atoms with Crippen LogP contribution in [0, 0.1) is 6.92 Å². The lowest BCUT2D eigenvalue weighted by atomic mass is 9.76. The zero-order valence-corrected chi connectivity index (χ0v) is 22.8. The van der Waals surface area contributed by atoms with Gasteiger partial charge in [0, 0.05) is 5.69 Å². The van der Waals surface area contributed by atoms with E-state index in [9.17, 15) is 8.42 Å². The van der Waals surface area contributed by atoms with Crippen LogP contribution in [-0.2, 0) is 20.9 Å². The summed E-state index contributed by atoms with van der Waals surface area (Å²) in [5, 5.41) is 3.39. The molecule has 0 radical (unpaired) electrons. The van der Waals surface area contributed by atoms with Gasteiger partial charge in [-0.05, 0) is 70.8 Å². The van der Waals surface area contributed by atoms with Crippen LogP contribution in [0.1, 0.15) is 58.2 Å². The van der Waals surface area contributed by atoms with E-state index in [4.69, 9.17) is 4.98 Å². The molecular formula is C29H34N4O2S. The number of rotatable bonds is 5. The normalized spacial score (nSPS) is 12.5. The fraction of sp³-hybridized carbons (Fsp3) is 0.310. The van der Waals surface area contributed by atoms with E-state index in [-0.39, 0.29) is 21.5 Å². The number of para-hydroxylation sites is 2. The van der Waals surface area contributed by atoms with Crippen LogP contribution in [0.2, 0.25) is 0 Å². The zero-order valence-electron chi connectivity index (χ0n) is 22.0. The second-order valence-corrected chi connectivity index (χ2v) is 12.8. The molecular weight excluding hydrogens is 468 g/mol. The Balaban J connectivity index is 1.86. The Kier molecular flexibility index (Phi) is 6.56. The predicted octanol–water partition coefficient (Wildman–Crippen LogP) is 7.08. The van der Waals surface area contributed by atoms with E-state index < -0.39 is 10.0 Å². The molecule has 3 aromatic carbocycles. The highest BCUT2D eigenvalue weighted by Crippen LogP contribution is 2.37. The number of anilines is 3. The molecule has 0 aliphatic heterocycles. The third-order valence-corrected chi connectivity index (χ3v) is 7.50. The van der Waals surface area contributed by atoms with Crippen LogP contribution < -0.4 is 10.0 Å². The van der Waals surface area contributed by atoms with Gasteiger partial charge in [-0.25, -0.2) is 18.4 Å². The molecule has 0 saturated heterocycles. The van der Waals surface area contributed by atoms with Crippen molar-refractivity contribution in [3.05, 3.63) is 83.4 Å². The van der Waals surface area contributed by atoms with E-state index in [0.717, 1.165) is 5.69 Å². The first kappa shape index (κ1) is 25.6. The first-order valence-electron chi connectivity index (χ1n) is 12.0. The Morgan fingerprint density at radius 3 is 1.67 bits per heavy atom. The van der Waals surface area contributed by atoms with Gasteiger partial charge in [0.25, 0.3) is 10.0 Å². The van der Waals surface area contributed by atoms with E-state index in [0.29, 0.717) is 16.9 Å². The summed E-state index contributed by atoms with van der Waals surface area (Å²) in [4.78, 5) is 9.54. The van der Waals surface area contributed by atoms with Gasteiger partial charge in [0.05, 0.1) is 15.9 Å². The van der Waals surface area contributed by atoms with Crippen LogP contribution in [0.5, 0.6) is 0 Å². The third kappa shape index (κ3) is 5.36. The van der Waals surface area contributed by atoms with E-state index >= 15 is 0 Å². The Morgan fingerprint density at radius 1 is 0.694 bits per heavy atom. The Bertz CT molecular complexity index is 1480. The van der Waals surface area contributed by atoms with Crippen molar-refractivity contribution >= 4 is 38.4 Å². The molecule has 1 heterocycles. The standard InChI is InChI=1S/C29H34N4O2S/c1-19-22(28(2,3)4)17-20(18-23(19)29(5,6)7)30-26-27(32-25-16-12-11-15-24(25)31-26)33-36(34,35)21-13-9-8-10-14-21/h8-18H,1-7H3,(H,30,31)(H,32,33). The molecule has 6 nitrogen and oxygen atoms in total. The van der Waals surface area contributed by atoms with Crippen molar-refractivity contribution in [1.82, 2.24) is 9.97 Å². The van der Waals surface area contributed by atoms with E-state index in [1.807, 2.05) is 24.3 Å². The first-order valence-corrected chi connectivity index (χ1v) is 13.5. The SMILES string of the molecule is Cc1c(C(C)(C)C)cc(Nc2nc3ccccc3nc2NS(=O)(=O)c2ccccc2)cc1C(C)(C)C. The fourth-order valence-corrected chi connectivity index (χ4v) is 5.46. The van der Waals surface area contributed by atoms with E-state index in [1.54, 1.807) is 30.3 Å². The highest BCUT2D eigenvalue weighted by molar-refractivity contribution is 7.92. The molecule has 0 aliphatic rings. The number of fused-ring (bicyclic) bond motifs is 1. The van der Waals surface area contributed by atoms with Crippen molar-refractivity contribution in [2.24, 2.45) is 0 Å². The van der Waals surface area contributed by atoms with Gasteiger partial charge in [-0.1, -0.05) is 71.9 Å². The smallest absolute Gasteiger partial charge is 0.263 e. The molecule has 0 amide bonds. The van der Waals surface area contributed by atoms with Crippen LogP contribution in [0.3, 0.4) is 0 Å². The lowest BCUT2D eigenvalue weighted by Gasteiger charge is -2.30. The Labute approximate surface area is 214 Å². The van der Waals surface area contributed by atoms with Crippen LogP contribution in [0.25, 0.3) is 11.0 Å². The maximum absolute atomic E-state index is 13.2. The number of hydrogen-bond donors (Lipinski definition) is 2. The molecule has 0 aliphatic carbocycles. The maximum atomic E-state index is 13.2. The lowest BCUT2D eigenvalue weighted by molar-refractivity contribution is 0.561. The van der Waals surface area contributed by atoms with Crippen LogP contribution in [0.4, 0.5) is 17.3 Å². The summed E-state index contributed by atoms with van der Waals surface area (Å²) in [6.07, 6.45) is 0. The third-order valence-electron chi connectivity index (χ3n) is 6.14. The number of benzene rings is 3. The minimum Gasteiger partial charge on any atom is -0.337 e. The predicted molar refractivity (Wildman–Crippen MR) is 149 cm³/mol. The highest BCUT2D eigenvalue weighted by Gasteiger charge is 2.25. The second kappa shape index (κ2) is 9.21. The minimum absolute atomic E-state index is 0.0748. The number of sulfonamides is 1. The molecule has 36 heavy (non-hydrogen) atoms. The number of nitrogens with zero attached hydrogens (tertiary/aromatic N) is 2. The van der Waals surface area contributed by atoms with Crippen molar-refractivity contribution < 1.29 is 8.42 Å². The molecule has 2 N–H and O–H groups in total. The van der Waals surface area contributed by atoms with Crippen molar-refractivity contribution in [3.63, 3.8) is 0 Å². The molecule has 188 valence electrons. The molecule has 0 saturated carbocycles. The Morgan fingerprint density at radius 2 is 1.17 bits per heavy atom. The average molecular weight is 503 g/mol. The van der Waals surface area contributed by atoms with Gasteiger partial charge in [0.1, 0.15) is 0 Å². The summed E-state index contributed by atoms with van der Waals surface area (Å²) in [5.41, 5.74) is 5.65. The number of aromatic nitrogens is 2. The molecule has 1 aromatic heterocycles. The van der Waals surface area contributed by atoms with Gasteiger partial charge in [-0.2, -0.15) is 0 Å². The van der Waals surface area contributed by atoms with Crippen LogP contribution in [0.15, 0.2) is 71.6 Å². The number of hydrogen-bond acceptors (Lipinski definition) is 5. The summed E-state index contributed by atoms with van der Waals surface area (Å²) >= 11 is 0. The van der Waals surface area contributed by atoms with Crippen molar-refractivity contribution in [2.75, 3.05) is 10.0 Å². The molecule has 0 atom stereocenters. The molecule has 0 unspecified atom stereocenters. The van der Waals surface area contributed by atoms with Gasteiger partial charge in [0.15, 0.2) is 11.6 Å². The van der Waals surface area contributed by atoms with Gasteiger partial charge in [-0.3, -0.25) is 4.72 Å². The molecule has 0 bridgehead atoms. The summed E-state index contributed by atoms with van der Waals surface area (Å²) in [6.45, 7) is 15.3. The topological polar surface area (TPSA) is 84.0 Å². The largest absolute Gasteiger partial charge is 0.337 e. The van der Waals surface area contributed by atoms with Gasteiger partial charge < -0.3 is 5.32 Å². The van der Waals surface area contributed by atoms with E-state index in [2.05, 4.69) is 75.6 Å². The summed E-state index contributed by atoms with van der Waals surface area (Å²) in [5.74, 6) is 0.490.